The molecule has 72 valence electrons. The van der Waals surface area contributed by atoms with Gasteiger partial charge in [-0.05, 0) is 0 Å². The first-order valence-electron chi connectivity index (χ1n) is 3.81. The van der Waals surface area contributed by atoms with E-state index in [1.165, 1.54) is 6.33 Å². The van der Waals surface area contributed by atoms with Crippen LogP contribution in [-0.4, -0.2) is 31.0 Å². The SMILES string of the molecule is O=C(O)Cc1nc(=S)c2[nH]cnc2[nH]1. The van der Waals surface area contributed by atoms with Crippen LogP contribution < -0.4 is 0 Å². The lowest BCUT2D eigenvalue weighted by Gasteiger charge is -1.96. The maximum atomic E-state index is 10.4. The molecule has 0 aliphatic rings. The third kappa shape index (κ3) is 1.49. The number of nitrogens with one attached hydrogen (secondary N) is 2. The van der Waals surface area contributed by atoms with Gasteiger partial charge in [-0.25, -0.2) is 9.97 Å². The third-order valence-corrected chi connectivity index (χ3v) is 1.97. The number of aliphatic carboxylic acids is 1. The van der Waals surface area contributed by atoms with E-state index in [1.54, 1.807) is 0 Å². The molecule has 0 amide bonds. The van der Waals surface area contributed by atoms with Crippen molar-refractivity contribution in [2.24, 2.45) is 0 Å². The van der Waals surface area contributed by atoms with Gasteiger partial charge in [0.15, 0.2) is 10.3 Å². The van der Waals surface area contributed by atoms with Crippen LogP contribution in [0.2, 0.25) is 0 Å². The van der Waals surface area contributed by atoms with Gasteiger partial charge in [-0.15, -0.1) is 0 Å². The number of aromatic nitrogens is 4. The fourth-order valence-corrected chi connectivity index (χ4v) is 1.39. The number of hydrogen-bond donors (Lipinski definition) is 3. The summed E-state index contributed by atoms with van der Waals surface area (Å²) < 4.78 is 0.326. The zero-order valence-corrected chi connectivity index (χ0v) is 7.76. The Morgan fingerprint density at radius 1 is 1.64 bits per heavy atom. The predicted molar refractivity (Wildman–Crippen MR) is 50.4 cm³/mol. The summed E-state index contributed by atoms with van der Waals surface area (Å²) in [6.07, 6.45) is 1.29. The second-order valence-corrected chi connectivity index (χ2v) is 3.07. The van der Waals surface area contributed by atoms with Gasteiger partial charge >= 0.3 is 5.97 Å². The standard InChI is InChI=1S/C7H6N4O2S/c12-4(13)1-3-10-6-5(7(14)11-3)8-2-9-6/h2H,1H2,(H,12,13)(H2,8,9,10,11,14). The lowest BCUT2D eigenvalue weighted by atomic mass is 10.4. The number of imidazole rings is 1. The number of hydrogen-bond acceptors (Lipinski definition) is 4. The molecule has 0 unspecified atom stereocenters. The van der Waals surface area contributed by atoms with Gasteiger partial charge in [0.1, 0.15) is 17.8 Å². The van der Waals surface area contributed by atoms with Crippen molar-refractivity contribution in [1.29, 1.82) is 0 Å². The van der Waals surface area contributed by atoms with Gasteiger partial charge in [-0.3, -0.25) is 4.79 Å². The summed E-state index contributed by atoms with van der Waals surface area (Å²) in [4.78, 5) is 23.9. The summed E-state index contributed by atoms with van der Waals surface area (Å²) in [6, 6.07) is 0. The summed E-state index contributed by atoms with van der Waals surface area (Å²) >= 11 is 4.95. The van der Waals surface area contributed by atoms with Gasteiger partial charge in [0, 0.05) is 0 Å². The molecule has 0 aliphatic carbocycles. The molecular formula is C7H6N4O2S. The molecule has 0 radical (unpaired) electrons. The Labute approximate surface area is 83.0 Å². The molecule has 6 nitrogen and oxygen atoms in total. The molecule has 0 bridgehead atoms. The second-order valence-electron chi connectivity index (χ2n) is 2.69. The lowest BCUT2D eigenvalue weighted by Crippen LogP contribution is -2.05. The number of carboxylic acid groups (broad SMARTS) is 1. The van der Waals surface area contributed by atoms with Crippen LogP contribution in [0.15, 0.2) is 6.33 Å². The highest BCUT2D eigenvalue weighted by molar-refractivity contribution is 7.71. The van der Waals surface area contributed by atoms with E-state index >= 15 is 0 Å². The van der Waals surface area contributed by atoms with Crippen molar-refractivity contribution in [3.63, 3.8) is 0 Å². The topological polar surface area (TPSA) is 94.7 Å². The van der Waals surface area contributed by atoms with Crippen molar-refractivity contribution in [2.75, 3.05) is 0 Å². The number of nitrogens with zero attached hydrogens (tertiary/aromatic N) is 2. The average Bonchev–Trinajstić information content (AvgIpc) is 2.50. The van der Waals surface area contributed by atoms with Gasteiger partial charge in [0.2, 0.25) is 0 Å². The van der Waals surface area contributed by atoms with Gasteiger partial charge < -0.3 is 15.1 Å². The van der Waals surface area contributed by atoms with E-state index < -0.39 is 5.97 Å². The number of carboxylic acids is 1. The van der Waals surface area contributed by atoms with Crippen LogP contribution in [-0.2, 0) is 11.2 Å². The normalized spacial score (nSPS) is 10.6. The van der Waals surface area contributed by atoms with E-state index in [2.05, 4.69) is 19.9 Å². The zero-order valence-electron chi connectivity index (χ0n) is 6.94. The highest BCUT2D eigenvalue weighted by Gasteiger charge is 2.06. The second kappa shape index (κ2) is 3.18. The fourth-order valence-electron chi connectivity index (χ4n) is 1.12. The molecular weight excluding hydrogens is 204 g/mol. The van der Waals surface area contributed by atoms with Crippen LogP contribution in [0, 0.1) is 4.64 Å². The van der Waals surface area contributed by atoms with E-state index in [0.717, 1.165) is 0 Å². The fraction of sp³-hybridized carbons (Fsp3) is 0.143. The Morgan fingerprint density at radius 3 is 3.14 bits per heavy atom. The summed E-state index contributed by atoms with van der Waals surface area (Å²) in [5.41, 5.74) is 1.15. The molecule has 0 saturated heterocycles. The molecule has 0 aromatic carbocycles. The first-order valence-corrected chi connectivity index (χ1v) is 4.21. The lowest BCUT2D eigenvalue weighted by molar-refractivity contribution is -0.136. The molecule has 3 N–H and O–H groups in total. The average molecular weight is 210 g/mol. The van der Waals surface area contributed by atoms with Crippen molar-refractivity contribution >= 4 is 29.4 Å². The molecule has 2 aromatic heterocycles. The summed E-state index contributed by atoms with van der Waals surface area (Å²) in [6.45, 7) is 0. The Kier molecular flexibility index (Phi) is 2.01. The van der Waals surface area contributed by atoms with Crippen LogP contribution >= 0.6 is 12.2 Å². The van der Waals surface area contributed by atoms with Gasteiger partial charge in [0.05, 0.1) is 6.33 Å². The molecule has 2 heterocycles. The van der Waals surface area contributed by atoms with Crippen LogP contribution in [0.5, 0.6) is 0 Å². The number of rotatable bonds is 2. The smallest absolute Gasteiger partial charge is 0.311 e. The molecule has 0 atom stereocenters. The monoisotopic (exact) mass is 210 g/mol. The Hall–Kier alpha value is -1.76. The van der Waals surface area contributed by atoms with Crippen molar-refractivity contribution < 1.29 is 9.90 Å². The Bertz CT molecular complexity index is 544. The van der Waals surface area contributed by atoms with E-state index in [4.69, 9.17) is 17.3 Å². The first-order chi connectivity index (χ1) is 6.66. The minimum Gasteiger partial charge on any atom is -0.481 e. The minimum absolute atomic E-state index is 0.188. The van der Waals surface area contributed by atoms with Gasteiger partial charge in [0.25, 0.3) is 0 Å². The number of fused-ring (bicyclic) bond motifs is 1. The molecule has 2 aromatic rings. The number of aromatic amines is 2. The molecule has 2 rings (SSSR count). The Balaban J connectivity index is 2.58. The molecule has 14 heavy (non-hydrogen) atoms. The van der Waals surface area contributed by atoms with Crippen LogP contribution in [0.3, 0.4) is 0 Å². The van der Waals surface area contributed by atoms with Gasteiger partial charge in [-0.2, -0.15) is 0 Å². The van der Waals surface area contributed by atoms with Crippen LogP contribution in [0.4, 0.5) is 0 Å². The van der Waals surface area contributed by atoms with Crippen molar-refractivity contribution in [2.45, 2.75) is 6.42 Å². The van der Waals surface area contributed by atoms with E-state index in [-0.39, 0.29) is 6.42 Å². The summed E-state index contributed by atoms with van der Waals surface area (Å²) in [7, 11) is 0. The predicted octanol–water partition coefficient (Wildman–Crippen LogP) is 0.643. The van der Waals surface area contributed by atoms with E-state index in [9.17, 15) is 4.79 Å². The molecule has 0 saturated carbocycles. The first kappa shape index (κ1) is 8.82. The largest absolute Gasteiger partial charge is 0.481 e. The zero-order chi connectivity index (χ0) is 10.1. The van der Waals surface area contributed by atoms with E-state index in [0.29, 0.717) is 21.6 Å². The molecule has 0 spiro atoms. The summed E-state index contributed by atoms with van der Waals surface area (Å²) in [5, 5.41) is 8.56. The van der Waals surface area contributed by atoms with Crippen LogP contribution in [0.25, 0.3) is 11.2 Å². The number of H-pyrrole nitrogens is 2. The quantitative estimate of drug-likeness (QED) is 0.632. The Morgan fingerprint density at radius 2 is 2.43 bits per heavy atom. The summed E-state index contributed by atoms with van der Waals surface area (Å²) in [5.74, 6) is -0.653. The van der Waals surface area contributed by atoms with Crippen molar-refractivity contribution in [3.05, 3.63) is 16.8 Å². The minimum atomic E-state index is -0.960. The highest BCUT2D eigenvalue weighted by atomic mass is 32.1. The van der Waals surface area contributed by atoms with Crippen LogP contribution in [0.1, 0.15) is 5.82 Å². The molecule has 0 aliphatic heterocycles. The molecule has 0 fully saturated rings. The number of carbonyl (C=O) groups is 1. The van der Waals surface area contributed by atoms with Gasteiger partial charge in [-0.1, -0.05) is 12.2 Å². The molecule has 7 heteroatoms. The third-order valence-electron chi connectivity index (χ3n) is 1.67. The highest BCUT2D eigenvalue weighted by Crippen LogP contribution is 2.07. The van der Waals surface area contributed by atoms with Crippen molar-refractivity contribution in [1.82, 2.24) is 19.9 Å². The van der Waals surface area contributed by atoms with Crippen molar-refractivity contribution in [3.8, 4) is 0 Å². The maximum Gasteiger partial charge on any atom is 0.311 e. The van der Waals surface area contributed by atoms with E-state index in [1.807, 2.05) is 0 Å². The maximum absolute atomic E-state index is 10.4.